The lowest BCUT2D eigenvalue weighted by molar-refractivity contribution is -0.144. The van der Waals surface area contributed by atoms with Gasteiger partial charge in [0.25, 0.3) is 0 Å². The van der Waals surface area contributed by atoms with Gasteiger partial charge in [-0.1, -0.05) is 25.7 Å². The van der Waals surface area contributed by atoms with Gasteiger partial charge in [0.15, 0.2) is 6.10 Å². The van der Waals surface area contributed by atoms with E-state index in [2.05, 4.69) is 0 Å². The Bertz CT molecular complexity index is 313. The van der Waals surface area contributed by atoms with E-state index >= 15 is 0 Å². The third kappa shape index (κ3) is 1.79. The average Bonchev–Trinajstić information content (AvgIpc) is 3.06. The second kappa shape index (κ2) is 4.27. The van der Waals surface area contributed by atoms with E-state index in [4.69, 9.17) is 9.47 Å². The summed E-state index contributed by atoms with van der Waals surface area (Å²) in [6, 6.07) is 0. The predicted octanol–water partition coefficient (Wildman–Crippen LogP) is 2.68. The van der Waals surface area contributed by atoms with Crippen molar-refractivity contribution < 1.29 is 14.3 Å². The lowest BCUT2D eigenvalue weighted by Crippen LogP contribution is -2.40. The van der Waals surface area contributed by atoms with E-state index in [-0.39, 0.29) is 17.7 Å². The minimum Gasteiger partial charge on any atom is -0.464 e. The van der Waals surface area contributed by atoms with Crippen LogP contribution in [0.1, 0.15) is 51.9 Å². The molecule has 4 atom stereocenters. The second-order valence-electron chi connectivity index (χ2n) is 5.75. The summed E-state index contributed by atoms with van der Waals surface area (Å²) in [7, 11) is 0. The van der Waals surface area contributed by atoms with Crippen LogP contribution in [-0.2, 0) is 14.3 Å². The third-order valence-corrected chi connectivity index (χ3v) is 4.90. The number of ether oxygens (including phenoxy) is 2. The molecule has 0 amide bonds. The number of rotatable bonds is 2. The van der Waals surface area contributed by atoms with E-state index in [0.717, 1.165) is 12.3 Å². The second-order valence-corrected chi connectivity index (χ2v) is 5.75. The van der Waals surface area contributed by atoms with Crippen LogP contribution in [0.15, 0.2) is 0 Å². The summed E-state index contributed by atoms with van der Waals surface area (Å²) < 4.78 is 11.0. The monoisotopic (exact) mass is 238 g/mol. The molecule has 96 valence electrons. The molecule has 3 rings (SSSR count). The van der Waals surface area contributed by atoms with E-state index in [1.54, 1.807) is 0 Å². The normalized spacial score (nSPS) is 44.2. The fourth-order valence-electron chi connectivity index (χ4n) is 4.15. The summed E-state index contributed by atoms with van der Waals surface area (Å²) >= 11 is 0. The lowest BCUT2D eigenvalue weighted by atomic mass is 9.64. The largest absolute Gasteiger partial charge is 0.464 e. The highest BCUT2D eigenvalue weighted by Crippen LogP contribution is 2.57. The Balaban J connectivity index is 1.72. The lowest BCUT2D eigenvalue weighted by Gasteiger charge is -2.40. The molecule has 1 heterocycles. The summed E-state index contributed by atoms with van der Waals surface area (Å²) in [6.45, 7) is 2.32. The Morgan fingerprint density at radius 2 is 2.06 bits per heavy atom. The molecule has 3 aliphatic rings. The molecule has 0 aromatic carbocycles. The van der Waals surface area contributed by atoms with Crippen LogP contribution in [0.5, 0.6) is 0 Å². The molecule has 0 aromatic rings. The van der Waals surface area contributed by atoms with E-state index in [0.29, 0.717) is 12.5 Å². The first-order valence-electron chi connectivity index (χ1n) is 7.12. The van der Waals surface area contributed by atoms with Crippen LogP contribution >= 0.6 is 0 Å². The standard InChI is InChI=1S/C14H22O3/c1-2-16-13(15)12-14(17-12)9-5-7-10-6-3-4-8-11(10)14/h10-12H,2-9H2,1H3. The van der Waals surface area contributed by atoms with Crippen LogP contribution in [0.25, 0.3) is 0 Å². The number of epoxide rings is 1. The van der Waals surface area contributed by atoms with Gasteiger partial charge in [-0.05, 0) is 38.0 Å². The van der Waals surface area contributed by atoms with Gasteiger partial charge in [0.2, 0.25) is 0 Å². The number of esters is 1. The summed E-state index contributed by atoms with van der Waals surface area (Å²) in [5.74, 6) is 1.30. The quantitative estimate of drug-likeness (QED) is 0.548. The summed E-state index contributed by atoms with van der Waals surface area (Å²) in [4.78, 5) is 11.8. The van der Waals surface area contributed by atoms with Crippen molar-refractivity contribution in [3.8, 4) is 0 Å². The molecule has 2 saturated carbocycles. The van der Waals surface area contributed by atoms with Crippen LogP contribution < -0.4 is 0 Å². The van der Waals surface area contributed by atoms with Crippen molar-refractivity contribution in [2.45, 2.75) is 63.6 Å². The van der Waals surface area contributed by atoms with Crippen molar-refractivity contribution in [2.75, 3.05) is 6.61 Å². The Kier molecular flexibility index (Phi) is 2.89. The van der Waals surface area contributed by atoms with Gasteiger partial charge in [-0.15, -0.1) is 0 Å². The van der Waals surface area contributed by atoms with Gasteiger partial charge in [0, 0.05) is 0 Å². The maximum absolute atomic E-state index is 11.8. The molecule has 1 aliphatic heterocycles. The first kappa shape index (κ1) is 11.5. The highest BCUT2D eigenvalue weighted by Gasteiger charge is 2.67. The number of hydrogen-bond acceptors (Lipinski definition) is 3. The molecule has 2 aliphatic carbocycles. The van der Waals surface area contributed by atoms with Gasteiger partial charge in [-0.2, -0.15) is 0 Å². The Morgan fingerprint density at radius 3 is 2.88 bits per heavy atom. The van der Waals surface area contributed by atoms with Crippen molar-refractivity contribution >= 4 is 5.97 Å². The molecule has 0 bridgehead atoms. The average molecular weight is 238 g/mol. The van der Waals surface area contributed by atoms with E-state index in [9.17, 15) is 4.79 Å². The van der Waals surface area contributed by atoms with Crippen LogP contribution in [0.4, 0.5) is 0 Å². The number of carbonyl (C=O) groups is 1. The molecule has 17 heavy (non-hydrogen) atoms. The Labute approximate surface area is 103 Å². The summed E-state index contributed by atoms with van der Waals surface area (Å²) in [6.07, 6.45) is 8.64. The molecule has 1 saturated heterocycles. The van der Waals surface area contributed by atoms with Crippen LogP contribution in [-0.4, -0.2) is 24.3 Å². The molecule has 3 fully saturated rings. The third-order valence-electron chi connectivity index (χ3n) is 4.90. The zero-order valence-electron chi connectivity index (χ0n) is 10.6. The topological polar surface area (TPSA) is 38.8 Å². The summed E-state index contributed by atoms with van der Waals surface area (Å²) in [5.41, 5.74) is -0.115. The van der Waals surface area contributed by atoms with Gasteiger partial charge in [-0.3, -0.25) is 0 Å². The first-order valence-corrected chi connectivity index (χ1v) is 7.12. The van der Waals surface area contributed by atoms with Gasteiger partial charge < -0.3 is 9.47 Å². The molecule has 0 N–H and O–H groups in total. The highest BCUT2D eigenvalue weighted by atomic mass is 16.7. The van der Waals surface area contributed by atoms with Crippen molar-refractivity contribution in [1.82, 2.24) is 0 Å². The van der Waals surface area contributed by atoms with E-state index < -0.39 is 0 Å². The fourth-order valence-corrected chi connectivity index (χ4v) is 4.15. The number of hydrogen-bond donors (Lipinski definition) is 0. The molecule has 4 unspecified atom stereocenters. The van der Waals surface area contributed by atoms with Crippen molar-refractivity contribution in [1.29, 1.82) is 0 Å². The minimum atomic E-state index is -0.242. The highest BCUT2D eigenvalue weighted by molar-refractivity contribution is 5.79. The van der Waals surface area contributed by atoms with Crippen molar-refractivity contribution in [2.24, 2.45) is 11.8 Å². The van der Waals surface area contributed by atoms with Crippen LogP contribution in [0.2, 0.25) is 0 Å². The Morgan fingerprint density at radius 1 is 1.29 bits per heavy atom. The van der Waals surface area contributed by atoms with Gasteiger partial charge >= 0.3 is 5.97 Å². The maximum atomic E-state index is 11.8. The molecular weight excluding hydrogens is 216 g/mol. The van der Waals surface area contributed by atoms with Crippen molar-refractivity contribution in [3.63, 3.8) is 0 Å². The van der Waals surface area contributed by atoms with Gasteiger partial charge in [0.05, 0.1) is 6.61 Å². The molecule has 0 radical (unpaired) electrons. The van der Waals surface area contributed by atoms with Gasteiger partial charge in [-0.25, -0.2) is 4.79 Å². The molecule has 3 nitrogen and oxygen atoms in total. The molecule has 3 heteroatoms. The fraction of sp³-hybridized carbons (Fsp3) is 0.929. The smallest absolute Gasteiger partial charge is 0.338 e. The van der Waals surface area contributed by atoms with Crippen LogP contribution in [0, 0.1) is 11.8 Å². The molecular formula is C14H22O3. The first-order chi connectivity index (χ1) is 8.28. The number of carbonyl (C=O) groups excluding carboxylic acids is 1. The zero-order valence-corrected chi connectivity index (χ0v) is 10.6. The van der Waals surface area contributed by atoms with Crippen LogP contribution in [0.3, 0.4) is 0 Å². The van der Waals surface area contributed by atoms with Gasteiger partial charge in [0.1, 0.15) is 5.60 Å². The SMILES string of the molecule is CCOC(=O)C1OC12CCCC1CCCCC12. The molecule has 1 spiro atoms. The van der Waals surface area contributed by atoms with E-state index in [1.807, 2.05) is 6.92 Å². The van der Waals surface area contributed by atoms with E-state index in [1.165, 1.54) is 38.5 Å². The predicted molar refractivity (Wildman–Crippen MR) is 63.5 cm³/mol. The summed E-state index contributed by atoms with van der Waals surface area (Å²) in [5, 5.41) is 0. The zero-order chi connectivity index (χ0) is 11.9. The maximum Gasteiger partial charge on any atom is 0.338 e. The number of fused-ring (bicyclic) bond motifs is 2. The van der Waals surface area contributed by atoms with Crippen molar-refractivity contribution in [3.05, 3.63) is 0 Å². The molecule has 0 aromatic heterocycles. The Hall–Kier alpha value is -0.570. The minimum absolute atomic E-state index is 0.115.